The van der Waals surface area contributed by atoms with Crippen molar-refractivity contribution in [2.45, 2.75) is 18.4 Å². The minimum atomic E-state index is -4.07. The van der Waals surface area contributed by atoms with Crippen molar-refractivity contribution in [2.75, 3.05) is 7.05 Å². The van der Waals surface area contributed by atoms with Crippen LogP contribution in [-0.2, 0) is 0 Å². The van der Waals surface area contributed by atoms with Crippen LogP contribution in [0.4, 0.5) is 17.6 Å². The van der Waals surface area contributed by atoms with E-state index in [2.05, 4.69) is 21.2 Å². The van der Waals surface area contributed by atoms with Gasteiger partial charge in [0.2, 0.25) is 0 Å². The fourth-order valence-electron chi connectivity index (χ4n) is 1.13. The van der Waals surface area contributed by atoms with Crippen LogP contribution >= 0.6 is 27.3 Å². The predicted molar refractivity (Wildman–Crippen MR) is 54.8 cm³/mol. The highest BCUT2D eigenvalue weighted by atomic mass is 79.9. The van der Waals surface area contributed by atoms with Gasteiger partial charge in [0.25, 0.3) is 0 Å². The predicted octanol–water partition coefficient (Wildman–Crippen LogP) is 3.67. The zero-order valence-corrected chi connectivity index (χ0v) is 10.0. The Morgan fingerprint density at radius 1 is 1.40 bits per heavy atom. The van der Waals surface area contributed by atoms with Crippen molar-refractivity contribution in [3.05, 3.63) is 20.8 Å². The maximum atomic E-state index is 13.1. The molecule has 0 aliphatic rings. The number of rotatable bonds is 4. The Labute approximate surface area is 96.6 Å². The molecule has 15 heavy (non-hydrogen) atoms. The summed E-state index contributed by atoms with van der Waals surface area (Å²) in [6.45, 7) is 0. The third kappa shape index (κ3) is 2.70. The summed E-state index contributed by atoms with van der Waals surface area (Å²) in [6, 6.07) is 1.28. The van der Waals surface area contributed by atoms with Crippen LogP contribution in [0.3, 0.4) is 0 Å². The Morgan fingerprint density at radius 3 is 2.33 bits per heavy atom. The molecule has 0 aliphatic heterocycles. The van der Waals surface area contributed by atoms with E-state index in [1.165, 1.54) is 13.1 Å². The molecule has 1 atom stereocenters. The van der Waals surface area contributed by atoms with E-state index >= 15 is 0 Å². The molecule has 0 spiro atoms. The van der Waals surface area contributed by atoms with Gasteiger partial charge in [-0.25, -0.2) is 8.78 Å². The normalized spacial score (nSPS) is 14.6. The first-order valence-electron chi connectivity index (χ1n) is 3.98. The molecule has 0 fully saturated rings. The second kappa shape index (κ2) is 4.80. The third-order valence-corrected chi connectivity index (χ3v) is 3.53. The summed E-state index contributed by atoms with van der Waals surface area (Å²) in [5.74, 6) is -4.07. The van der Waals surface area contributed by atoms with Gasteiger partial charge in [0.05, 0.1) is 3.79 Å². The molecule has 0 bridgehead atoms. The molecule has 0 radical (unpaired) electrons. The molecular formula is C8H8BrF4NS. The Balaban J connectivity index is 2.98. The van der Waals surface area contributed by atoms with E-state index in [9.17, 15) is 17.6 Å². The lowest BCUT2D eigenvalue weighted by molar-refractivity contribution is -0.149. The fraction of sp³-hybridized carbons (Fsp3) is 0.500. The van der Waals surface area contributed by atoms with Gasteiger partial charge in [0.15, 0.2) is 0 Å². The molecule has 1 heterocycles. The van der Waals surface area contributed by atoms with Crippen molar-refractivity contribution in [1.82, 2.24) is 5.32 Å². The smallest absolute Gasteiger partial charge is 0.307 e. The van der Waals surface area contributed by atoms with Gasteiger partial charge >= 0.3 is 12.3 Å². The first kappa shape index (κ1) is 12.9. The van der Waals surface area contributed by atoms with Crippen molar-refractivity contribution in [3.63, 3.8) is 0 Å². The zero-order valence-electron chi connectivity index (χ0n) is 7.61. The molecular weight excluding hydrogens is 298 g/mol. The van der Waals surface area contributed by atoms with Gasteiger partial charge < -0.3 is 5.32 Å². The van der Waals surface area contributed by atoms with Crippen LogP contribution in [0.2, 0.25) is 0 Å². The Hall–Kier alpha value is -0.140. The molecule has 0 aliphatic carbocycles. The number of hydrogen-bond acceptors (Lipinski definition) is 2. The third-order valence-electron chi connectivity index (χ3n) is 1.84. The van der Waals surface area contributed by atoms with E-state index in [-0.39, 0.29) is 4.88 Å². The molecule has 1 rings (SSSR count). The fourth-order valence-corrected chi connectivity index (χ4v) is 2.72. The van der Waals surface area contributed by atoms with Crippen LogP contribution < -0.4 is 5.32 Å². The van der Waals surface area contributed by atoms with E-state index in [0.717, 1.165) is 11.3 Å². The highest BCUT2D eigenvalue weighted by Crippen LogP contribution is 2.39. The van der Waals surface area contributed by atoms with Gasteiger partial charge in [-0.2, -0.15) is 8.78 Å². The van der Waals surface area contributed by atoms with Crippen molar-refractivity contribution < 1.29 is 17.6 Å². The molecule has 1 unspecified atom stereocenters. The Bertz CT molecular complexity index is 328. The number of alkyl halides is 4. The highest BCUT2D eigenvalue weighted by molar-refractivity contribution is 9.11. The number of hydrogen-bond donors (Lipinski definition) is 1. The van der Waals surface area contributed by atoms with Crippen LogP contribution in [0.5, 0.6) is 0 Å². The lowest BCUT2D eigenvalue weighted by Crippen LogP contribution is -2.40. The van der Waals surface area contributed by atoms with Crippen LogP contribution in [0.15, 0.2) is 15.9 Å². The lowest BCUT2D eigenvalue weighted by atomic mass is 10.1. The van der Waals surface area contributed by atoms with E-state index < -0.39 is 18.4 Å². The molecule has 1 aromatic heterocycles. The minimum Gasteiger partial charge on any atom is -0.307 e. The maximum Gasteiger partial charge on any atom is 0.327 e. The summed E-state index contributed by atoms with van der Waals surface area (Å²) in [5.41, 5.74) is 0. The largest absolute Gasteiger partial charge is 0.327 e. The van der Waals surface area contributed by atoms with Crippen LogP contribution in [0, 0.1) is 0 Å². The summed E-state index contributed by atoms with van der Waals surface area (Å²) in [7, 11) is 1.23. The number of halogens is 5. The average molecular weight is 306 g/mol. The lowest BCUT2D eigenvalue weighted by Gasteiger charge is -2.24. The summed E-state index contributed by atoms with van der Waals surface area (Å²) in [6.07, 6.45) is -3.68. The summed E-state index contributed by atoms with van der Waals surface area (Å²) < 4.78 is 51.1. The Morgan fingerprint density at radius 2 is 2.00 bits per heavy atom. The average Bonchev–Trinajstić information content (AvgIpc) is 2.52. The van der Waals surface area contributed by atoms with Gasteiger partial charge in [0.1, 0.15) is 6.04 Å². The minimum absolute atomic E-state index is 0.176. The molecule has 86 valence electrons. The summed E-state index contributed by atoms with van der Waals surface area (Å²) in [5, 5.41) is 2.21. The van der Waals surface area contributed by atoms with Gasteiger partial charge in [0, 0.05) is 4.88 Å². The number of thiophene rings is 1. The maximum absolute atomic E-state index is 13.1. The molecule has 1 N–H and O–H groups in total. The summed E-state index contributed by atoms with van der Waals surface area (Å²) >= 11 is 4.10. The molecule has 7 heteroatoms. The molecule has 0 aromatic carbocycles. The van der Waals surface area contributed by atoms with Gasteiger partial charge in [-0.15, -0.1) is 11.3 Å². The monoisotopic (exact) mass is 305 g/mol. The first-order chi connectivity index (χ1) is 6.89. The van der Waals surface area contributed by atoms with Gasteiger partial charge in [-0.1, -0.05) is 0 Å². The molecule has 0 saturated carbocycles. The SMILES string of the molecule is CNC(c1ccc(Br)s1)C(F)(F)C(F)F. The second-order valence-corrected chi connectivity index (χ2v) is 5.33. The Kier molecular flexibility index (Phi) is 4.13. The topological polar surface area (TPSA) is 12.0 Å². The molecule has 0 amide bonds. The van der Waals surface area contributed by atoms with Crippen molar-refractivity contribution >= 4 is 27.3 Å². The van der Waals surface area contributed by atoms with E-state index in [1.54, 1.807) is 6.07 Å². The zero-order chi connectivity index (χ0) is 11.6. The molecule has 0 saturated heterocycles. The number of nitrogens with one attached hydrogen (secondary N) is 1. The molecule has 1 aromatic rings. The highest BCUT2D eigenvalue weighted by Gasteiger charge is 2.49. The van der Waals surface area contributed by atoms with E-state index in [1.807, 2.05) is 0 Å². The first-order valence-corrected chi connectivity index (χ1v) is 5.59. The van der Waals surface area contributed by atoms with Crippen LogP contribution in [0.1, 0.15) is 10.9 Å². The van der Waals surface area contributed by atoms with E-state index in [4.69, 9.17) is 0 Å². The summed E-state index contributed by atoms with van der Waals surface area (Å²) in [4.78, 5) is 0.176. The van der Waals surface area contributed by atoms with Crippen LogP contribution in [-0.4, -0.2) is 19.4 Å². The van der Waals surface area contributed by atoms with Crippen LogP contribution in [0.25, 0.3) is 0 Å². The van der Waals surface area contributed by atoms with Gasteiger partial charge in [-0.3, -0.25) is 0 Å². The van der Waals surface area contributed by atoms with Crippen molar-refractivity contribution in [3.8, 4) is 0 Å². The quantitative estimate of drug-likeness (QED) is 0.837. The van der Waals surface area contributed by atoms with Crippen molar-refractivity contribution in [1.29, 1.82) is 0 Å². The van der Waals surface area contributed by atoms with E-state index in [0.29, 0.717) is 3.79 Å². The molecule has 1 nitrogen and oxygen atoms in total. The van der Waals surface area contributed by atoms with Crippen molar-refractivity contribution in [2.24, 2.45) is 0 Å². The second-order valence-electron chi connectivity index (χ2n) is 2.84. The standard InChI is InChI=1S/C8H8BrF4NS/c1-14-6(8(12,13)7(10)11)4-2-3-5(9)15-4/h2-3,6-7,14H,1H3. The van der Waals surface area contributed by atoms with Gasteiger partial charge in [-0.05, 0) is 35.1 Å².